The van der Waals surface area contributed by atoms with E-state index in [4.69, 9.17) is 4.42 Å². The second kappa shape index (κ2) is 6.30. The van der Waals surface area contributed by atoms with Crippen LogP contribution in [0.4, 0.5) is 0 Å². The Balaban J connectivity index is 1.39. The van der Waals surface area contributed by atoms with E-state index in [9.17, 15) is 9.59 Å². The topological polar surface area (TPSA) is 73.1 Å². The first-order valence-corrected chi connectivity index (χ1v) is 10.1. The largest absolute Gasteiger partial charge is 0.437 e. The Morgan fingerprint density at radius 2 is 1.63 bits per heavy atom. The lowest BCUT2D eigenvalue weighted by atomic mass is 10.0. The van der Waals surface area contributed by atoms with Crippen LogP contribution in [0.5, 0.6) is 0 Å². The average Bonchev–Trinajstić information content (AvgIpc) is 3.41. The van der Waals surface area contributed by atoms with E-state index in [0.717, 1.165) is 26.0 Å². The highest BCUT2D eigenvalue weighted by atomic mass is 32.1. The molecule has 5 aromatic rings. The van der Waals surface area contributed by atoms with Gasteiger partial charge in [0, 0.05) is 35.2 Å². The van der Waals surface area contributed by atoms with Gasteiger partial charge in [0.1, 0.15) is 10.8 Å². The Morgan fingerprint density at radius 3 is 2.27 bits per heavy atom. The number of hydrogen-bond acceptors (Lipinski definition) is 6. The summed E-state index contributed by atoms with van der Waals surface area (Å²) in [6.07, 6.45) is 4.98. The summed E-state index contributed by atoms with van der Waals surface area (Å²) in [5.41, 5.74) is 2.39. The standard InChI is InChI=1S/C24H12N2O3S/c27-21-17-8-13-4-1-2-5-14(13)9-18(17)22(28)19(21)10-16-11-20-23(29-16)26-24(30-20)15-6-3-7-25-12-15/h1-12H. The number of rotatable bonds is 2. The molecule has 2 aromatic carbocycles. The number of fused-ring (bicyclic) bond motifs is 3. The van der Waals surface area contributed by atoms with Gasteiger partial charge in [0.15, 0.2) is 11.6 Å². The summed E-state index contributed by atoms with van der Waals surface area (Å²) in [6.45, 7) is 0. The first-order valence-electron chi connectivity index (χ1n) is 9.32. The monoisotopic (exact) mass is 408 g/mol. The van der Waals surface area contributed by atoms with Crippen LogP contribution >= 0.6 is 11.3 Å². The molecule has 0 bridgehead atoms. The number of carbonyl (C=O) groups excluding carboxylic acids is 2. The van der Waals surface area contributed by atoms with Crippen molar-refractivity contribution in [1.29, 1.82) is 0 Å². The Morgan fingerprint density at radius 1 is 0.900 bits per heavy atom. The number of pyridine rings is 1. The van der Waals surface area contributed by atoms with Gasteiger partial charge >= 0.3 is 0 Å². The van der Waals surface area contributed by atoms with E-state index in [1.165, 1.54) is 17.4 Å². The van der Waals surface area contributed by atoms with E-state index in [-0.39, 0.29) is 17.1 Å². The first-order chi connectivity index (χ1) is 14.7. The molecule has 0 fully saturated rings. The molecule has 142 valence electrons. The molecule has 1 aliphatic carbocycles. The van der Waals surface area contributed by atoms with Crippen LogP contribution in [0.25, 0.3) is 37.8 Å². The van der Waals surface area contributed by atoms with Crippen molar-refractivity contribution in [3.05, 3.63) is 89.5 Å². The molecular formula is C24H12N2O3S. The van der Waals surface area contributed by atoms with Gasteiger partial charge in [0.05, 0.1) is 10.3 Å². The lowest BCUT2D eigenvalue weighted by molar-refractivity contribution is 0.0990. The molecule has 0 radical (unpaired) electrons. The molecule has 6 heteroatoms. The van der Waals surface area contributed by atoms with Crippen LogP contribution in [0.2, 0.25) is 0 Å². The number of carbonyl (C=O) groups is 2. The molecule has 1 aliphatic rings. The summed E-state index contributed by atoms with van der Waals surface area (Å²) < 4.78 is 6.65. The molecule has 0 unspecified atom stereocenters. The van der Waals surface area contributed by atoms with Crippen molar-refractivity contribution in [2.45, 2.75) is 0 Å². The van der Waals surface area contributed by atoms with E-state index in [2.05, 4.69) is 9.97 Å². The molecule has 30 heavy (non-hydrogen) atoms. The highest BCUT2D eigenvalue weighted by molar-refractivity contribution is 7.21. The smallest absolute Gasteiger partial charge is 0.238 e. The molecule has 3 aromatic heterocycles. The highest BCUT2D eigenvalue weighted by Crippen LogP contribution is 2.35. The fourth-order valence-electron chi connectivity index (χ4n) is 3.72. The van der Waals surface area contributed by atoms with Gasteiger partial charge in [-0.15, -0.1) is 11.3 Å². The van der Waals surface area contributed by atoms with Crippen molar-refractivity contribution in [2.24, 2.45) is 0 Å². The minimum atomic E-state index is -0.274. The molecule has 0 spiro atoms. The van der Waals surface area contributed by atoms with Crippen LogP contribution in [0.1, 0.15) is 26.5 Å². The third kappa shape index (κ3) is 2.54. The van der Waals surface area contributed by atoms with E-state index >= 15 is 0 Å². The third-order valence-electron chi connectivity index (χ3n) is 5.17. The van der Waals surface area contributed by atoms with E-state index in [1.807, 2.05) is 36.4 Å². The number of benzene rings is 2. The lowest BCUT2D eigenvalue weighted by Crippen LogP contribution is -1.99. The van der Waals surface area contributed by atoms with E-state index in [1.54, 1.807) is 30.6 Å². The van der Waals surface area contributed by atoms with E-state index in [0.29, 0.717) is 22.6 Å². The third-order valence-corrected chi connectivity index (χ3v) is 6.20. The first kappa shape index (κ1) is 17.0. The van der Waals surface area contributed by atoms with Crippen LogP contribution in [-0.4, -0.2) is 21.5 Å². The predicted octanol–water partition coefficient (Wildman–Crippen LogP) is 5.57. The second-order valence-corrected chi connectivity index (χ2v) is 8.07. The predicted molar refractivity (Wildman–Crippen MR) is 116 cm³/mol. The molecule has 5 nitrogen and oxygen atoms in total. The van der Waals surface area contributed by atoms with Crippen molar-refractivity contribution in [3.8, 4) is 10.6 Å². The van der Waals surface area contributed by atoms with Gasteiger partial charge in [-0.05, 0) is 41.1 Å². The highest BCUT2D eigenvalue weighted by Gasteiger charge is 2.33. The fraction of sp³-hybridized carbons (Fsp3) is 0. The van der Waals surface area contributed by atoms with Gasteiger partial charge in [-0.25, -0.2) is 4.98 Å². The molecule has 0 saturated carbocycles. The maximum absolute atomic E-state index is 12.9. The van der Waals surface area contributed by atoms with Crippen molar-refractivity contribution >= 4 is 50.2 Å². The zero-order chi connectivity index (χ0) is 20.2. The van der Waals surface area contributed by atoms with Gasteiger partial charge in [-0.1, -0.05) is 24.3 Å². The van der Waals surface area contributed by atoms with Crippen molar-refractivity contribution in [3.63, 3.8) is 0 Å². The molecular weight excluding hydrogens is 396 g/mol. The number of Topliss-reactive ketones (excluding diaryl/α,β-unsaturated/α-hetero) is 2. The Labute approximate surface area is 174 Å². The molecule has 0 aliphatic heterocycles. The number of aromatic nitrogens is 2. The zero-order valence-corrected chi connectivity index (χ0v) is 16.3. The normalized spacial score (nSPS) is 13.4. The number of hydrogen-bond donors (Lipinski definition) is 0. The minimum absolute atomic E-state index is 0.120. The van der Waals surface area contributed by atoms with Crippen molar-refractivity contribution in [2.75, 3.05) is 0 Å². The maximum atomic E-state index is 12.9. The summed E-state index contributed by atoms with van der Waals surface area (Å²) >= 11 is 1.48. The van der Waals surface area contributed by atoms with Gasteiger partial charge in [-0.3, -0.25) is 14.6 Å². The summed E-state index contributed by atoms with van der Waals surface area (Å²) in [4.78, 5) is 34.4. The number of ketones is 2. The van der Waals surface area contributed by atoms with Gasteiger partial charge < -0.3 is 4.42 Å². The molecule has 0 atom stereocenters. The molecule has 0 saturated heterocycles. The fourth-order valence-corrected chi connectivity index (χ4v) is 4.64. The zero-order valence-electron chi connectivity index (χ0n) is 15.5. The Hall–Kier alpha value is -3.90. The summed E-state index contributed by atoms with van der Waals surface area (Å²) in [6, 6.07) is 16.9. The number of thiazole rings is 1. The minimum Gasteiger partial charge on any atom is -0.437 e. The molecule has 0 amide bonds. The average molecular weight is 408 g/mol. The number of allylic oxidation sites excluding steroid dienone is 1. The molecule has 0 N–H and O–H groups in total. The quantitative estimate of drug-likeness (QED) is 0.282. The molecule has 6 rings (SSSR count). The Kier molecular flexibility index (Phi) is 3.57. The van der Waals surface area contributed by atoms with E-state index < -0.39 is 0 Å². The summed E-state index contributed by atoms with van der Waals surface area (Å²) in [5, 5.41) is 2.68. The molecule has 3 heterocycles. The lowest BCUT2D eigenvalue weighted by Gasteiger charge is -2.00. The second-order valence-electron chi connectivity index (χ2n) is 7.04. The summed E-state index contributed by atoms with van der Waals surface area (Å²) in [7, 11) is 0. The number of furan rings is 1. The van der Waals surface area contributed by atoms with Crippen LogP contribution < -0.4 is 0 Å². The van der Waals surface area contributed by atoms with Crippen molar-refractivity contribution < 1.29 is 14.0 Å². The van der Waals surface area contributed by atoms with Crippen molar-refractivity contribution in [1.82, 2.24) is 9.97 Å². The van der Waals surface area contributed by atoms with Crippen LogP contribution in [0.3, 0.4) is 0 Å². The Bertz CT molecular complexity index is 1440. The van der Waals surface area contributed by atoms with Gasteiger partial charge in [0.25, 0.3) is 0 Å². The van der Waals surface area contributed by atoms with Crippen LogP contribution in [-0.2, 0) is 0 Å². The van der Waals surface area contributed by atoms with Crippen LogP contribution in [0.15, 0.2) is 77.0 Å². The van der Waals surface area contributed by atoms with Gasteiger partial charge in [-0.2, -0.15) is 0 Å². The van der Waals surface area contributed by atoms with Crippen LogP contribution in [0, 0.1) is 0 Å². The maximum Gasteiger partial charge on any atom is 0.238 e. The summed E-state index contributed by atoms with van der Waals surface area (Å²) in [5.74, 6) is -0.107. The number of nitrogens with zero attached hydrogens (tertiary/aromatic N) is 2. The van der Waals surface area contributed by atoms with Gasteiger partial charge in [0.2, 0.25) is 5.71 Å². The SMILES string of the molecule is O=C1C(=Cc2cc3sc(-c4cccnc4)nc3o2)C(=O)c2cc3ccccc3cc21.